The lowest BCUT2D eigenvalue weighted by Crippen LogP contribution is -2.21. The van der Waals surface area contributed by atoms with Crippen LogP contribution < -0.4 is 20.1 Å². The van der Waals surface area contributed by atoms with Gasteiger partial charge in [-0.1, -0.05) is 36.4 Å². The fourth-order valence-electron chi connectivity index (χ4n) is 3.00. The standard InChI is InChI=1S/C25H28N2O3/c1-2-29-23-15-13-21(14-16-23)27-25(28)19-26-22-11-6-12-24(18-22)30-17-7-10-20-8-4-3-5-9-20/h3-6,8-9,11-16,18,26H,2,7,10,17,19H2,1H3,(H,27,28). The number of rotatable bonds is 11. The Labute approximate surface area is 178 Å². The van der Waals surface area contributed by atoms with Gasteiger partial charge in [-0.15, -0.1) is 0 Å². The van der Waals surface area contributed by atoms with Gasteiger partial charge in [-0.05, 0) is 61.7 Å². The molecule has 0 atom stereocenters. The molecule has 5 heteroatoms. The summed E-state index contributed by atoms with van der Waals surface area (Å²) < 4.78 is 11.3. The van der Waals surface area contributed by atoms with Gasteiger partial charge < -0.3 is 20.1 Å². The highest BCUT2D eigenvalue weighted by atomic mass is 16.5. The number of ether oxygens (including phenoxy) is 2. The Balaban J connectivity index is 1.40. The number of nitrogens with one attached hydrogen (secondary N) is 2. The van der Waals surface area contributed by atoms with Crippen LogP contribution in [0.3, 0.4) is 0 Å². The third-order valence-electron chi connectivity index (χ3n) is 4.46. The molecule has 0 spiro atoms. The van der Waals surface area contributed by atoms with E-state index in [9.17, 15) is 4.79 Å². The highest BCUT2D eigenvalue weighted by molar-refractivity contribution is 5.93. The second-order valence-corrected chi connectivity index (χ2v) is 6.82. The van der Waals surface area contributed by atoms with Crippen LogP contribution in [0.2, 0.25) is 0 Å². The molecule has 3 rings (SSSR count). The molecule has 0 unspecified atom stereocenters. The number of amides is 1. The van der Waals surface area contributed by atoms with Crippen molar-refractivity contribution in [2.45, 2.75) is 19.8 Å². The lowest BCUT2D eigenvalue weighted by Gasteiger charge is -2.11. The SMILES string of the molecule is CCOc1ccc(NC(=O)CNc2cccc(OCCCc3ccccc3)c2)cc1. The first-order chi connectivity index (χ1) is 14.7. The summed E-state index contributed by atoms with van der Waals surface area (Å²) in [6.07, 6.45) is 1.94. The molecule has 0 fully saturated rings. The summed E-state index contributed by atoms with van der Waals surface area (Å²) in [6.45, 7) is 3.37. The molecule has 0 aromatic heterocycles. The molecule has 1 amide bonds. The number of hydrogen-bond donors (Lipinski definition) is 2. The Morgan fingerprint density at radius 3 is 2.40 bits per heavy atom. The predicted octanol–water partition coefficient (Wildman–Crippen LogP) is 5.15. The van der Waals surface area contributed by atoms with Gasteiger partial charge >= 0.3 is 0 Å². The third kappa shape index (κ3) is 7.17. The molecule has 0 aliphatic carbocycles. The van der Waals surface area contributed by atoms with Crippen molar-refractivity contribution in [3.8, 4) is 11.5 Å². The summed E-state index contributed by atoms with van der Waals surface area (Å²) in [6, 6.07) is 25.4. The van der Waals surface area contributed by atoms with Gasteiger partial charge in [0.1, 0.15) is 11.5 Å². The largest absolute Gasteiger partial charge is 0.494 e. The minimum absolute atomic E-state index is 0.117. The third-order valence-corrected chi connectivity index (χ3v) is 4.46. The quantitative estimate of drug-likeness (QED) is 0.434. The first-order valence-electron chi connectivity index (χ1n) is 10.3. The molecule has 3 aromatic rings. The maximum atomic E-state index is 12.2. The van der Waals surface area contributed by atoms with Crippen molar-refractivity contribution in [2.24, 2.45) is 0 Å². The highest BCUT2D eigenvalue weighted by Gasteiger charge is 2.04. The van der Waals surface area contributed by atoms with E-state index in [1.54, 1.807) is 0 Å². The van der Waals surface area contributed by atoms with Crippen LogP contribution in [0, 0.1) is 0 Å². The van der Waals surface area contributed by atoms with Crippen molar-refractivity contribution in [1.82, 2.24) is 0 Å². The fraction of sp³-hybridized carbons (Fsp3) is 0.240. The summed E-state index contributed by atoms with van der Waals surface area (Å²) in [5, 5.41) is 6.00. The zero-order chi connectivity index (χ0) is 21.0. The van der Waals surface area contributed by atoms with Gasteiger partial charge in [0, 0.05) is 17.4 Å². The number of carbonyl (C=O) groups excluding carboxylic acids is 1. The number of anilines is 2. The van der Waals surface area contributed by atoms with E-state index in [2.05, 4.69) is 34.9 Å². The molecular formula is C25H28N2O3. The van der Waals surface area contributed by atoms with Gasteiger partial charge in [-0.3, -0.25) is 4.79 Å². The second-order valence-electron chi connectivity index (χ2n) is 6.82. The van der Waals surface area contributed by atoms with Crippen LogP contribution >= 0.6 is 0 Å². The summed E-state index contributed by atoms with van der Waals surface area (Å²) in [5.74, 6) is 1.46. The molecule has 0 bridgehead atoms. The fourth-order valence-corrected chi connectivity index (χ4v) is 3.00. The monoisotopic (exact) mass is 404 g/mol. The molecule has 0 heterocycles. The van der Waals surface area contributed by atoms with E-state index < -0.39 is 0 Å². The topological polar surface area (TPSA) is 59.6 Å². The number of carbonyl (C=O) groups is 1. The molecule has 0 radical (unpaired) electrons. The maximum Gasteiger partial charge on any atom is 0.243 e. The van der Waals surface area contributed by atoms with Crippen LogP contribution in [0.1, 0.15) is 18.9 Å². The zero-order valence-electron chi connectivity index (χ0n) is 17.3. The maximum absolute atomic E-state index is 12.2. The van der Waals surface area contributed by atoms with Gasteiger partial charge in [-0.2, -0.15) is 0 Å². The van der Waals surface area contributed by atoms with Gasteiger partial charge in [-0.25, -0.2) is 0 Å². The van der Waals surface area contributed by atoms with Crippen molar-refractivity contribution >= 4 is 17.3 Å². The molecule has 5 nitrogen and oxygen atoms in total. The molecule has 0 saturated carbocycles. The van der Waals surface area contributed by atoms with E-state index in [-0.39, 0.29) is 12.5 Å². The molecular weight excluding hydrogens is 376 g/mol. The molecule has 3 aromatic carbocycles. The Morgan fingerprint density at radius 2 is 1.63 bits per heavy atom. The van der Waals surface area contributed by atoms with Crippen LogP contribution in [0.25, 0.3) is 0 Å². The van der Waals surface area contributed by atoms with E-state index in [0.29, 0.717) is 13.2 Å². The van der Waals surface area contributed by atoms with Crippen LogP contribution in [-0.2, 0) is 11.2 Å². The normalized spacial score (nSPS) is 10.3. The second kappa shape index (κ2) is 11.5. The van der Waals surface area contributed by atoms with E-state index in [4.69, 9.17) is 9.47 Å². The van der Waals surface area contributed by atoms with Crippen LogP contribution in [-0.4, -0.2) is 25.7 Å². The van der Waals surface area contributed by atoms with Gasteiger partial charge in [0.05, 0.1) is 19.8 Å². The number of hydrogen-bond acceptors (Lipinski definition) is 4. The first kappa shape index (κ1) is 21.2. The smallest absolute Gasteiger partial charge is 0.243 e. The Bertz CT molecular complexity index is 911. The summed E-state index contributed by atoms with van der Waals surface area (Å²) in [7, 11) is 0. The molecule has 30 heavy (non-hydrogen) atoms. The Hall–Kier alpha value is -3.47. The molecule has 0 aliphatic heterocycles. The van der Waals surface area contributed by atoms with Crippen molar-refractivity contribution < 1.29 is 14.3 Å². The van der Waals surface area contributed by atoms with E-state index in [1.807, 2.05) is 61.5 Å². The average molecular weight is 405 g/mol. The van der Waals surface area contributed by atoms with E-state index in [1.165, 1.54) is 5.56 Å². The van der Waals surface area contributed by atoms with Gasteiger partial charge in [0.15, 0.2) is 0 Å². The summed E-state index contributed by atoms with van der Waals surface area (Å²) >= 11 is 0. The lowest BCUT2D eigenvalue weighted by molar-refractivity contribution is -0.114. The zero-order valence-corrected chi connectivity index (χ0v) is 17.3. The summed E-state index contributed by atoms with van der Waals surface area (Å²) in [4.78, 5) is 12.2. The Kier molecular flexibility index (Phi) is 8.15. The number of aryl methyl sites for hydroxylation is 1. The average Bonchev–Trinajstić information content (AvgIpc) is 2.78. The van der Waals surface area contributed by atoms with Crippen LogP contribution in [0.5, 0.6) is 11.5 Å². The summed E-state index contributed by atoms with van der Waals surface area (Å²) in [5.41, 5.74) is 2.90. The van der Waals surface area contributed by atoms with E-state index >= 15 is 0 Å². The van der Waals surface area contributed by atoms with Crippen molar-refractivity contribution in [3.63, 3.8) is 0 Å². The minimum atomic E-state index is -0.117. The van der Waals surface area contributed by atoms with Crippen LogP contribution in [0.4, 0.5) is 11.4 Å². The van der Waals surface area contributed by atoms with Gasteiger partial charge in [0.2, 0.25) is 5.91 Å². The number of benzene rings is 3. The first-order valence-corrected chi connectivity index (χ1v) is 10.3. The molecule has 2 N–H and O–H groups in total. The van der Waals surface area contributed by atoms with Gasteiger partial charge in [0.25, 0.3) is 0 Å². The van der Waals surface area contributed by atoms with Crippen molar-refractivity contribution in [1.29, 1.82) is 0 Å². The highest BCUT2D eigenvalue weighted by Crippen LogP contribution is 2.18. The lowest BCUT2D eigenvalue weighted by atomic mass is 10.1. The minimum Gasteiger partial charge on any atom is -0.494 e. The molecule has 0 aliphatic rings. The predicted molar refractivity (Wildman–Crippen MR) is 121 cm³/mol. The molecule has 0 saturated heterocycles. The molecule has 156 valence electrons. The van der Waals surface area contributed by atoms with E-state index in [0.717, 1.165) is 35.7 Å². The Morgan fingerprint density at radius 1 is 0.833 bits per heavy atom. The van der Waals surface area contributed by atoms with Crippen molar-refractivity contribution in [2.75, 3.05) is 30.4 Å². The van der Waals surface area contributed by atoms with Crippen molar-refractivity contribution in [3.05, 3.63) is 84.4 Å². The van der Waals surface area contributed by atoms with Crippen LogP contribution in [0.15, 0.2) is 78.9 Å².